The minimum atomic E-state index is -0.961. The predicted octanol–water partition coefficient (Wildman–Crippen LogP) is 1.72. The number of benzene rings is 1. The van der Waals surface area contributed by atoms with E-state index in [0.29, 0.717) is 23.5 Å². The van der Waals surface area contributed by atoms with Gasteiger partial charge < -0.3 is 21.1 Å². The SMILES string of the molecule is Cc1c(F)cc(N2C[C@@H](C)C[C@@H](NC(=O)[C@@H](N)[C@@H](C)O)C2)c2cccnc12. The number of nitrogens with one attached hydrogen (secondary N) is 1. The normalized spacial score (nSPS) is 22.5. The van der Waals surface area contributed by atoms with Crippen LogP contribution >= 0.6 is 0 Å². The number of halogens is 1. The Hall–Kier alpha value is -2.25. The van der Waals surface area contributed by atoms with Gasteiger partial charge >= 0.3 is 0 Å². The molecular weight excluding hydrogens is 347 g/mol. The van der Waals surface area contributed by atoms with Crippen LogP contribution in [0.3, 0.4) is 0 Å². The second-order valence-corrected chi connectivity index (χ2v) is 7.62. The first-order valence-electron chi connectivity index (χ1n) is 9.30. The Morgan fingerprint density at radius 1 is 1.48 bits per heavy atom. The summed E-state index contributed by atoms with van der Waals surface area (Å²) >= 11 is 0. The summed E-state index contributed by atoms with van der Waals surface area (Å²) in [6, 6.07) is 4.26. The summed E-state index contributed by atoms with van der Waals surface area (Å²) in [6.45, 7) is 6.64. The van der Waals surface area contributed by atoms with E-state index in [1.807, 2.05) is 12.1 Å². The number of aromatic nitrogens is 1. The number of carbonyl (C=O) groups excluding carboxylic acids is 1. The number of piperidine rings is 1. The molecule has 7 heteroatoms. The quantitative estimate of drug-likeness (QED) is 0.758. The van der Waals surface area contributed by atoms with Gasteiger partial charge in [0.05, 0.1) is 11.6 Å². The Kier molecular flexibility index (Phi) is 5.62. The first-order valence-corrected chi connectivity index (χ1v) is 9.30. The summed E-state index contributed by atoms with van der Waals surface area (Å²) in [5.41, 5.74) is 7.71. The number of aryl methyl sites for hydroxylation is 1. The van der Waals surface area contributed by atoms with Gasteiger partial charge in [-0.15, -0.1) is 0 Å². The van der Waals surface area contributed by atoms with Crippen LogP contribution < -0.4 is 16.0 Å². The number of carbonyl (C=O) groups is 1. The zero-order chi connectivity index (χ0) is 19.7. The molecular formula is C20H27FN4O2. The van der Waals surface area contributed by atoms with Crippen molar-refractivity contribution in [2.75, 3.05) is 18.0 Å². The molecule has 0 unspecified atom stereocenters. The number of aliphatic hydroxyl groups excluding tert-OH is 1. The second-order valence-electron chi connectivity index (χ2n) is 7.62. The van der Waals surface area contributed by atoms with Gasteiger partial charge in [0, 0.05) is 42.0 Å². The molecule has 0 radical (unpaired) electrons. The zero-order valence-electron chi connectivity index (χ0n) is 15.9. The average molecular weight is 374 g/mol. The van der Waals surface area contributed by atoms with Crippen LogP contribution in [0.2, 0.25) is 0 Å². The van der Waals surface area contributed by atoms with E-state index < -0.39 is 12.1 Å². The summed E-state index contributed by atoms with van der Waals surface area (Å²) in [5.74, 6) is -0.347. The molecule has 1 saturated heterocycles. The Morgan fingerprint density at radius 3 is 2.93 bits per heavy atom. The number of hydrogen-bond donors (Lipinski definition) is 3. The lowest BCUT2D eigenvalue weighted by atomic mass is 9.94. The van der Waals surface area contributed by atoms with Gasteiger partial charge in [-0.2, -0.15) is 0 Å². The van der Waals surface area contributed by atoms with Crippen LogP contribution in [-0.4, -0.2) is 47.3 Å². The highest BCUT2D eigenvalue weighted by atomic mass is 19.1. The third-order valence-electron chi connectivity index (χ3n) is 5.23. The maximum absolute atomic E-state index is 14.5. The number of hydrogen-bond acceptors (Lipinski definition) is 5. The molecule has 4 N–H and O–H groups in total. The van der Waals surface area contributed by atoms with E-state index in [2.05, 4.69) is 22.1 Å². The maximum atomic E-state index is 14.5. The second kappa shape index (κ2) is 7.78. The smallest absolute Gasteiger partial charge is 0.239 e. The number of nitrogens with zero attached hydrogens (tertiary/aromatic N) is 2. The third-order valence-corrected chi connectivity index (χ3v) is 5.23. The van der Waals surface area contributed by atoms with E-state index in [0.717, 1.165) is 24.0 Å². The lowest BCUT2D eigenvalue weighted by Crippen LogP contribution is -2.55. The molecule has 27 heavy (non-hydrogen) atoms. The van der Waals surface area contributed by atoms with Crippen molar-refractivity contribution in [1.29, 1.82) is 0 Å². The van der Waals surface area contributed by atoms with Gasteiger partial charge in [-0.1, -0.05) is 6.92 Å². The van der Waals surface area contributed by atoms with Gasteiger partial charge in [0.15, 0.2) is 0 Å². The molecule has 2 heterocycles. The summed E-state index contributed by atoms with van der Waals surface area (Å²) in [4.78, 5) is 18.7. The third kappa shape index (κ3) is 4.04. The van der Waals surface area contributed by atoms with E-state index in [4.69, 9.17) is 5.73 Å². The van der Waals surface area contributed by atoms with E-state index in [9.17, 15) is 14.3 Å². The fourth-order valence-electron chi connectivity index (χ4n) is 3.76. The highest BCUT2D eigenvalue weighted by molar-refractivity contribution is 5.94. The maximum Gasteiger partial charge on any atom is 0.239 e. The first-order chi connectivity index (χ1) is 12.8. The number of nitrogens with two attached hydrogens (primary N) is 1. The van der Waals surface area contributed by atoms with Crippen molar-refractivity contribution in [1.82, 2.24) is 10.3 Å². The highest BCUT2D eigenvalue weighted by Gasteiger charge is 2.29. The molecule has 0 spiro atoms. The van der Waals surface area contributed by atoms with Crippen LogP contribution in [0.4, 0.5) is 10.1 Å². The Morgan fingerprint density at radius 2 is 2.22 bits per heavy atom. The van der Waals surface area contributed by atoms with Crippen LogP contribution in [0.1, 0.15) is 25.8 Å². The predicted molar refractivity (Wildman–Crippen MR) is 104 cm³/mol. The van der Waals surface area contributed by atoms with Crippen molar-refractivity contribution in [3.63, 3.8) is 0 Å². The lowest BCUT2D eigenvalue weighted by Gasteiger charge is -2.39. The molecule has 3 rings (SSSR count). The molecule has 4 atom stereocenters. The molecule has 1 amide bonds. The molecule has 0 bridgehead atoms. The number of rotatable bonds is 4. The van der Waals surface area contributed by atoms with Crippen LogP contribution in [0.5, 0.6) is 0 Å². The van der Waals surface area contributed by atoms with Crippen molar-refractivity contribution >= 4 is 22.5 Å². The monoisotopic (exact) mass is 374 g/mol. The van der Waals surface area contributed by atoms with Crippen LogP contribution in [0.25, 0.3) is 10.9 Å². The zero-order valence-corrected chi connectivity index (χ0v) is 15.9. The van der Waals surface area contributed by atoms with Crippen LogP contribution in [0.15, 0.2) is 24.4 Å². The van der Waals surface area contributed by atoms with Gasteiger partial charge in [-0.05, 0) is 44.4 Å². The Balaban J connectivity index is 1.88. The van der Waals surface area contributed by atoms with Crippen LogP contribution in [-0.2, 0) is 4.79 Å². The molecule has 1 aromatic heterocycles. The molecule has 6 nitrogen and oxygen atoms in total. The molecule has 1 fully saturated rings. The van der Waals surface area contributed by atoms with E-state index in [1.165, 1.54) is 6.92 Å². The minimum Gasteiger partial charge on any atom is -0.391 e. The van der Waals surface area contributed by atoms with Crippen molar-refractivity contribution < 1.29 is 14.3 Å². The molecule has 1 aromatic carbocycles. The number of anilines is 1. The standard InChI is InChI=1S/C20H27FN4O2/c1-11-7-14(24-20(27)18(22)13(3)26)10-25(9-11)17-8-16(21)12(2)19-15(17)5-4-6-23-19/h4-6,8,11,13-14,18,26H,7,9-10,22H2,1-3H3,(H,24,27)/t11-,13+,14+,18-/m0/s1. The minimum absolute atomic E-state index is 0.123. The fourth-order valence-corrected chi connectivity index (χ4v) is 3.76. The van der Waals surface area contributed by atoms with E-state index >= 15 is 0 Å². The largest absolute Gasteiger partial charge is 0.391 e. The van der Waals surface area contributed by atoms with Gasteiger partial charge in [0.2, 0.25) is 5.91 Å². The summed E-state index contributed by atoms with van der Waals surface area (Å²) in [5, 5.41) is 13.4. The number of aliphatic hydroxyl groups is 1. The fraction of sp³-hybridized carbons (Fsp3) is 0.500. The van der Waals surface area contributed by atoms with Gasteiger partial charge in [0.25, 0.3) is 0 Å². The lowest BCUT2D eigenvalue weighted by molar-refractivity contribution is -0.125. The van der Waals surface area contributed by atoms with Crippen LogP contribution in [0, 0.1) is 18.7 Å². The number of pyridine rings is 1. The number of amides is 1. The van der Waals surface area contributed by atoms with Gasteiger partial charge in [-0.3, -0.25) is 9.78 Å². The van der Waals surface area contributed by atoms with Gasteiger partial charge in [0.1, 0.15) is 11.9 Å². The number of fused-ring (bicyclic) bond motifs is 1. The molecule has 146 valence electrons. The molecule has 0 saturated carbocycles. The first kappa shape index (κ1) is 19.5. The van der Waals surface area contributed by atoms with Crippen molar-refractivity contribution in [3.8, 4) is 0 Å². The highest BCUT2D eigenvalue weighted by Crippen LogP contribution is 2.32. The molecule has 1 aliphatic heterocycles. The van der Waals surface area contributed by atoms with Crippen molar-refractivity contribution in [2.45, 2.75) is 45.4 Å². The van der Waals surface area contributed by atoms with E-state index in [1.54, 1.807) is 19.2 Å². The van der Waals surface area contributed by atoms with Crippen molar-refractivity contribution in [2.24, 2.45) is 11.7 Å². The summed E-state index contributed by atoms with van der Waals surface area (Å²) < 4.78 is 14.5. The summed E-state index contributed by atoms with van der Waals surface area (Å²) in [6.07, 6.45) is 1.56. The average Bonchev–Trinajstić information content (AvgIpc) is 2.63. The van der Waals surface area contributed by atoms with Gasteiger partial charge in [-0.25, -0.2) is 4.39 Å². The van der Waals surface area contributed by atoms with E-state index in [-0.39, 0.29) is 17.8 Å². The molecule has 2 aromatic rings. The Labute approximate surface area is 158 Å². The topological polar surface area (TPSA) is 91.5 Å². The Bertz CT molecular complexity index is 842. The van der Waals surface area contributed by atoms with Crippen molar-refractivity contribution in [3.05, 3.63) is 35.8 Å². The molecule has 0 aliphatic carbocycles. The molecule has 1 aliphatic rings. The summed E-state index contributed by atoms with van der Waals surface area (Å²) in [7, 11) is 0.